The Hall–Kier alpha value is -1.24. The molecule has 1 N–H and O–H groups in total. The molecule has 0 spiro atoms. The Labute approximate surface area is 98.6 Å². The fraction of sp³-hybridized carbons (Fsp3) is 0.467. The van der Waals surface area contributed by atoms with Crippen molar-refractivity contribution >= 4 is 5.69 Å². The molecule has 1 atom stereocenters. The number of hydrogen-bond donors (Lipinski definition) is 1. The predicted octanol–water partition coefficient (Wildman–Crippen LogP) is 4.23. The van der Waals surface area contributed by atoms with Gasteiger partial charge in [0, 0.05) is 11.7 Å². The summed E-state index contributed by atoms with van der Waals surface area (Å²) in [6.45, 7) is 6.94. The van der Waals surface area contributed by atoms with Gasteiger partial charge in [-0.3, -0.25) is 0 Å². The minimum atomic E-state index is 0.422. The van der Waals surface area contributed by atoms with Crippen molar-refractivity contribution in [1.82, 2.24) is 0 Å². The van der Waals surface area contributed by atoms with E-state index in [1.807, 2.05) is 0 Å². The van der Waals surface area contributed by atoms with Crippen LogP contribution in [0.2, 0.25) is 0 Å². The molecule has 1 aromatic carbocycles. The molecular weight excluding hydrogens is 194 g/mol. The summed E-state index contributed by atoms with van der Waals surface area (Å²) in [5.74, 6) is 0. The lowest BCUT2D eigenvalue weighted by Crippen LogP contribution is -2.29. The quantitative estimate of drug-likeness (QED) is 0.728. The zero-order chi connectivity index (χ0) is 11.6. The summed E-state index contributed by atoms with van der Waals surface area (Å²) < 4.78 is 0. The van der Waals surface area contributed by atoms with Crippen molar-refractivity contribution in [2.24, 2.45) is 5.41 Å². The zero-order valence-electron chi connectivity index (χ0n) is 10.5. The van der Waals surface area contributed by atoms with Crippen LogP contribution in [0.25, 0.3) is 0 Å². The van der Waals surface area contributed by atoms with Gasteiger partial charge in [-0.1, -0.05) is 43.7 Å². The van der Waals surface area contributed by atoms with Crippen molar-refractivity contribution in [2.75, 3.05) is 5.32 Å². The molecular formula is C15H21N. The highest BCUT2D eigenvalue weighted by atomic mass is 14.9. The van der Waals surface area contributed by atoms with Crippen molar-refractivity contribution in [3.63, 3.8) is 0 Å². The summed E-state index contributed by atoms with van der Waals surface area (Å²) in [4.78, 5) is 0. The first-order valence-corrected chi connectivity index (χ1v) is 6.04. The van der Waals surface area contributed by atoms with Gasteiger partial charge in [0.15, 0.2) is 0 Å². The summed E-state index contributed by atoms with van der Waals surface area (Å²) >= 11 is 0. The van der Waals surface area contributed by atoms with Crippen LogP contribution in [0.15, 0.2) is 42.0 Å². The molecule has 1 aliphatic rings. The summed E-state index contributed by atoms with van der Waals surface area (Å²) in [7, 11) is 0. The summed E-state index contributed by atoms with van der Waals surface area (Å²) in [6, 6.07) is 10.9. The highest BCUT2D eigenvalue weighted by Crippen LogP contribution is 2.36. The Bertz CT molecular complexity index is 376. The Kier molecular flexibility index (Phi) is 3.04. The molecule has 0 fully saturated rings. The predicted molar refractivity (Wildman–Crippen MR) is 70.6 cm³/mol. The Morgan fingerprint density at radius 1 is 1.19 bits per heavy atom. The normalized spacial score (nSPS) is 23.7. The molecule has 86 valence electrons. The largest absolute Gasteiger partial charge is 0.379 e. The molecule has 1 aliphatic carbocycles. The second-order valence-corrected chi connectivity index (χ2v) is 5.67. The van der Waals surface area contributed by atoms with E-state index < -0.39 is 0 Å². The van der Waals surface area contributed by atoms with Crippen LogP contribution in [0.3, 0.4) is 0 Å². The fourth-order valence-electron chi connectivity index (χ4n) is 2.72. The van der Waals surface area contributed by atoms with E-state index in [-0.39, 0.29) is 0 Å². The van der Waals surface area contributed by atoms with E-state index in [2.05, 4.69) is 62.5 Å². The molecule has 0 heterocycles. The van der Waals surface area contributed by atoms with Crippen molar-refractivity contribution in [3.05, 3.63) is 42.0 Å². The lowest BCUT2D eigenvalue weighted by Gasteiger charge is -2.34. The maximum absolute atomic E-state index is 3.59. The van der Waals surface area contributed by atoms with Gasteiger partial charge in [0.25, 0.3) is 0 Å². The zero-order valence-corrected chi connectivity index (χ0v) is 10.5. The van der Waals surface area contributed by atoms with Gasteiger partial charge in [0.2, 0.25) is 0 Å². The van der Waals surface area contributed by atoms with Gasteiger partial charge in [-0.25, -0.2) is 0 Å². The van der Waals surface area contributed by atoms with Crippen molar-refractivity contribution < 1.29 is 0 Å². The molecule has 0 radical (unpaired) electrons. The molecule has 0 bridgehead atoms. The number of hydrogen-bond acceptors (Lipinski definition) is 1. The second kappa shape index (κ2) is 4.32. The number of para-hydroxylation sites is 1. The average Bonchev–Trinajstić information content (AvgIpc) is 2.15. The lowest BCUT2D eigenvalue weighted by atomic mass is 9.76. The smallest absolute Gasteiger partial charge is 0.0452 e. The van der Waals surface area contributed by atoms with Gasteiger partial charge in [-0.2, -0.15) is 0 Å². The van der Waals surface area contributed by atoms with Crippen LogP contribution in [0.1, 0.15) is 33.6 Å². The van der Waals surface area contributed by atoms with Gasteiger partial charge in [-0.15, -0.1) is 0 Å². The highest BCUT2D eigenvalue weighted by Gasteiger charge is 2.26. The first-order chi connectivity index (χ1) is 7.55. The third-order valence-electron chi connectivity index (χ3n) is 3.14. The molecule has 2 rings (SSSR count). The maximum Gasteiger partial charge on any atom is 0.0452 e. The summed E-state index contributed by atoms with van der Waals surface area (Å²) in [6.07, 6.45) is 4.80. The minimum Gasteiger partial charge on any atom is -0.379 e. The van der Waals surface area contributed by atoms with E-state index >= 15 is 0 Å². The van der Waals surface area contributed by atoms with Crippen LogP contribution in [-0.4, -0.2) is 6.04 Å². The van der Waals surface area contributed by atoms with E-state index in [0.717, 1.165) is 0 Å². The molecule has 0 saturated carbocycles. The van der Waals surface area contributed by atoms with Crippen LogP contribution in [0.5, 0.6) is 0 Å². The lowest BCUT2D eigenvalue weighted by molar-refractivity contribution is 0.309. The fourth-order valence-corrected chi connectivity index (χ4v) is 2.72. The molecule has 1 nitrogen and oxygen atoms in total. The SMILES string of the molecule is CC1=CC(Nc2ccccc2)CC(C)(C)C1. The summed E-state index contributed by atoms with van der Waals surface area (Å²) in [5.41, 5.74) is 3.14. The first-order valence-electron chi connectivity index (χ1n) is 6.04. The van der Waals surface area contributed by atoms with E-state index in [9.17, 15) is 0 Å². The Balaban J connectivity index is 2.08. The summed E-state index contributed by atoms with van der Waals surface area (Å²) in [5, 5.41) is 3.59. The van der Waals surface area contributed by atoms with E-state index in [4.69, 9.17) is 0 Å². The second-order valence-electron chi connectivity index (χ2n) is 5.67. The number of allylic oxidation sites excluding steroid dienone is 1. The van der Waals surface area contributed by atoms with Gasteiger partial charge < -0.3 is 5.32 Å². The minimum absolute atomic E-state index is 0.422. The van der Waals surface area contributed by atoms with Gasteiger partial charge in [-0.05, 0) is 37.3 Å². The van der Waals surface area contributed by atoms with Gasteiger partial charge in [0.05, 0.1) is 0 Å². The third-order valence-corrected chi connectivity index (χ3v) is 3.14. The monoisotopic (exact) mass is 215 g/mol. The van der Waals surface area contributed by atoms with Crippen LogP contribution in [-0.2, 0) is 0 Å². The molecule has 0 saturated heterocycles. The maximum atomic E-state index is 3.59. The van der Waals surface area contributed by atoms with Crippen LogP contribution < -0.4 is 5.32 Å². The van der Waals surface area contributed by atoms with Crippen molar-refractivity contribution in [1.29, 1.82) is 0 Å². The number of benzene rings is 1. The standard InChI is InChI=1S/C15H21N/c1-12-9-14(11-15(2,3)10-12)16-13-7-5-4-6-8-13/h4-9,14,16H,10-11H2,1-3H3. The number of rotatable bonds is 2. The number of anilines is 1. The first kappa shape index (κ1) is 11.3. The Morgan fingerprint density at radius 3 is 2.50 bits per heavy atom. The Morgan fingerprint density at radius 2 is 1.88 bits per heavy atom. The van der Waals surface area contributed by atoms with Crippen molar-refractivity contribution in [2.45, 2.75) is 39.7 Å². The van der Waals surface area contributed by atoms with E-state index in [1.54, 1.807) is 0 Å². The molecule has 1 unspecified atom stereocenters. The number of nitrogens with one attached hydrogen (secondary N) is 1. The molecule has 16 heavy (non-hydrogen) atoms. The van der Waals surface area contributed by atoms with E-state index in [1.165, 1.54) is 24.1 Å². The molecule has 1 heteroatoms. The molecule has 0 amide bonds. The molecule has 0 aromatic heterocycles. The van der Waals surface area contributed by atoms with Crippen LogP contribution in [0.4, 0.5) is 5.69 Å². The molecule has 1 aromatic rings. The van der Waals surface area contributed by atoms with E-state index in [0.29, 0.717) is 11.5 Å². The van der Waals surface area contributed by atoms with Gasteiger partial charge >= 0.3 is 0 Å². The molecule has 0 aliphatic heterocycles. The average molecular weight is 215 g/mol. The van der Waals surface area contributed by atoms with Crippen LogP contribution >= 0.6 is 0 Å². The third kappa shape index (κ3) is 2.88. The highest BCUT2D eigenvalue weighted by molar-refractivity contribution is 5.45. The van der Waals surface area contributed by atoms with Crippen LogP contribution in [0, 0.1) is 5.41 Å². The topological polar surface area (TPSA) is 12.0 Å². The van der Waals surface area contributed by atoms with Gasteiger partial charge in [0.1, 0.15) is 0 Å². The van der Waals surface area contributed by atoms with Crippen molar-refractivity contribution in [3.8, 4) is 0 Å².